The lowest BCUT2D eigenvalue weighted by atomic mass is 10.0. The number of hydrogen-bond donors (Lipinski definition) is 1. The average Bonchev–Trinajstić information content (AvgIpc) is 2.46. The number of aromatic carboxylic acids is 1. The first-order valence-electron chi connectivity index (χ1n) is 6.49. The molecule has 0 unspecified atom stereocenters. The highest BCUT2D eigenvalue weighted by atomic mass is 19.1. The van der Waals surface area contributed by atoms with Gasteiger partial charge in [-0.15, -0.1) is 0 Å². The number of carbonyl (C=O) groups is 1. The fourth-order valence-corrected chi connectivity index (χ4v) is 2.29. The maximum Gasteiger partial charge on any atom is 0.335 e. The van der Waals surface area contributed by atoms with Crippen molar-refractivity contribution in [1.82, 2.24) is 4.98 Å². The zero-order valence-corrected chi connectivity index (χ0v) is 11.1. The molecule has 0 aliphatic carbocycles. The zero-order valence-electron chi connectivity index (χ0n) is 11.1. The smallest absolute Gasteiger partial charge is 0.335 e. The minimum atomic E-state index is -1.14. The van der Waals surface area contributed by atoms with Crippen LogP contribution in [-0.2, 0) is 6.42 Å². The van der Waals surface area contributed by atoms with E-state index in [1.165, 1.54) is 12.1 Å². The zero-order chi connectivity index (χ0) is 14.8. The number of para-hydroxylation sites is 1. The monoisotopic (exact) mass is 281 g/mol. The van der Waals surface area contributed by atoms with Crippen LogP contribution in [0.1, 0.15) is 21.6 Å². The first-order chi connectivity index (χ1) is 10.1. The van der Waals surface area contributed by atoms with E-state index < -0.39 is 11.8 Å². The quantitative estimate of drug-likeness (QED) is 0.797. The van der Waals surface area contributed by atoms with Gasteiger partial charge in [-0.2, -0.15) is 0 Å². The van der Waals surface area contributed by atoms with E-state index in [1.807, 2.05) is 36.4 Å². The number of nitrogens with zero attached hydrogens (tertiary/aromatic N) is 1. The van der Waals surface area contributed by atoms with E-state index in [0.29, 0.717) is 12.0 Å². The molecule has 1 heterocycles. The van der Waals surface area contributed by atoms with Crippen molar-refractivity contribution >= 4 is 16.9 Å². The number of fused-ring (bicyclic) bond motifs is 1. The molecular formula is C17H12FNO2. The van der Waals surface area contributed by atoms with E-state index in [-0.39, 0.29) is 5.56 Å². The highest BCUT2D eigenvalue weighted by molar-refractivity contribution is 5.87. The SMILES string of the molecule is O=C(O)c1cc(F)cc(Cc2ccc3ccccc3n2)c1. The van der Waals surface area contributed by atoms with Crippen molar-refractivity contribution in [2.75, 3.05) is 0 Å². The Morgan fingerprint density at radius 3 is 2.71 bits per heavy atom. The van der Waals surface area contributed by atoms with Crippen LogP contribution in [0.15, 0.2) is 54.6 Å². The van der Waals surface area contributed by atoms with E-state index in [4.69, 9.17) is 5.11 Å². The summed E-state index contributed by atoms with van der Waals surface area (Å²) in [5.74, 6) is -1.69. The second-order valence-electron chi connectivity index (χ2n) is 4.83. The molecule has 0 bridgehead atoms. The van der Waals surface area contributed by atoms with Crippen molar-refractivity contribution in [1.29, 1.82) is 0 Å². The third-order valence-corrected chi connectivity index (χ3v) is 3.25. The highest BCUT2D eigenvalue weighted by Gasteiger charge is 2.08. The summed E-state index contributed by atoms with van der Waals surface area (Å²) in [6.45, 7) is 0. The molecule has 0 aliphatic heterocycles. The van der Waals surface area contributed by atoms with Crippen molar-refractivity contribution in [2.24, 2.45) is 0 Å². The Balaban J connectivity index is 1.96. The predicted molar refractivity (Wildman–Crippen MR) is 77.9 cm³/mol. The van der Waals surface area contributed by atoms with Crippen LogP contribution in [0.4, 0.5) is 4.39 Å². The maximum absolute atomic E-state index is 13.5. The lowest BCUT2D eigenvalue weighted by molar-refractivity contribution is 0.0696. The Morgan fingerprint density at radius 1 is 1.10 bits per heavy atom. The molecule has 3 rings (SSSR count). The van der Waals surface area contributed by atoms with Gasteiger partial charge >= 0.3 is 5.97 Å². The van der Waals surface area contributed by atoms with Crippen molar-refractivity contribution in [2.45, 2.75) is 6.42 Å². The molecule has 0 spiro atoms. The predicted octanol–water partition coefficient (Wildman–Crippen LogP) is 3.66. The van der Waals surface area contributed by atoms with Crippen molar-refractivity contribution in [3.63, 3.8) is 0 Å². The number of hydrogen-bond acceptors (Lipinski definition) is 2. The Hall–Kier alpha value is -2.75. The third kappa shape index (κ3) is 2.89. The molecule has 0 aliphatic rings. The lowest BCUT2D eigenvalue weighted by Crippen LogP contribution is -2.00. The summed E-state index contributed by atoms with van der Waals surface area (Å²) >= 11 is 0. The van der Waals surface area contributed by atoms with Crippen LogP contribution < -0.4 is 0 Å². The number of pyridine rings is 1. The largest absolute Gasteiger partial charge is 0.478 e. The second kappa shape index (κ2) is 5.32. The summed E-state index contributed by atoms with van der Waals surface area (Å²) in [6, 6.07) is 15.4. The van der Waals surface area contributed by atoms with Gasteiger partial charge in [-0.1, -0.05) is 24.3 Å². The summed E-state index contributed by atoms with van der Waals surface area (Å²) in [4.78, 5) is 15.5. The van der Waals surface area contributed by atoms with Crippen LogP contribution in [0.25, 0.3) is 10.9 Å². The standard InChI is InChI=1S/C17H12FNO2/c18-14-8-11(7-13(10-14)17(20)21)9-15-6-5-12-3-1-2-4-16(12)19-15/h1-8,10H,9H2,(H,20,21). The van der Waals surface area contributed by atoms with Crippen molar-refractivity contribution in [3.8, 4) is 0 Å². The van der Waals surface area contributed by atoms with Crippen LogP contribution in [-0.4, -0.2) is 16.1 Å². The summed E-state index contributed by atoms with van der Waals surface area (Å²) in [5.41, 5.74) is 2.18. The van der Waals surface area contributed by atoms with Gasteiger partial charge in [-0.3, -0.25) is 4.98 Å². The molecule has 21 heavy (non-hydrogen) atoms. The Bertz CT molecular complexity index is 830. The topological polar surface area (TPSA) is 50.2 Å². The second-order valence-corrected chi connectivity index (χ2v) is 4.83. The van der Waals surface area contributed by atoms with E-state index in [0.717, 1.165) is 22.7 Å². The molecule has 0 saturated carbocycles. The molecule has 0 fully saturated rings. The molecule has 0 saturated heterocycles. The van der Waals surface area contributed by atoms with Gasteiger partial charge in [0.25, 0.3) is 0 Å². The maximum atomic E-state index is 13.5. The third-order valence-electron chi connectivity index (χ3n) is 3.25. The van der Waals surface area contributed by atoms with Gasteiger partial charge in [-0.05, 0) is 35.9 Å². The Morgan fingerprint density at radius 2 is 1.90 bits per heavy atom. The van der Waals surface area contributed by atoms with Gasteiger partial charge in [-0.25, -0.2) is 9.18 Å². The van der Waals surface area contributed by atoms with Crippen LogP contribution >= 0.6 is 0 Å². The molecule has 2 aromatic carbocycles. The van der Waals surface area contributed by atoms with Gasteiger partial charge < -0.3 is 5.11 Å². The summed E-state index contributed by atoms with van der Waals surface area (Å²) in [7, 11) is 0. The van der Waals surface area contributed by atoms with E-state index >= 15 is 0 Å². The number of carboxylic acid groups (broad SMARTS) is 1. The molecule has 1 aromatic heterocycles. The lowest BCUT2D eigenvalue weighted by Gasteiger charge is -2.05. The van der Waals surface area contributed by atoms with E-state index in [1.54, 1.807) is 0 Å². The minimum Gasteiger partial charge on any atom is -0.478 e. The molecular weight excluding hydrogens is 269 g/mol. The van der Waals surface area contributed by atoms with Crippen molar-refractivity contribution < 1.29 is 14.3 Å². The fourth-order valence-electron chi connectivity index (χ4n) is 2.29. The van der Waals surface area contributed by atoms with Crippen LogP contribution in [0.2, 0.25) is 0 Å². The molecule has 0 amide bonds. The molecule has 3 aromatic rings. The Labute approximate surface area is 120 Å². The number of halogens is 1. The molecule has 4 heteroatoms. The normalized spacial score (nSPS) is 10.7. The minimum absolute atomic E-state index is 0.0502. The number of carboxylic acids is 1. The summed E-state index contributed by atoms with van der Waals surface area (Å²) < 4.78 is 13.5. The van der Waals surface area contributed by atoms with Crippen LogP contribution in [0, 0.1) is 5.82 Å². The van der Waals surface area contributed by atoms with Crippen LogP contribution in [0.3, 0.4) is 0 Å². The van der Waals surface area contributed by atoms with E-state index in [2.05, 4.69) is 4.98 Å². The molecule has 104 valence electrons. The highest BCUT2D eigenvalue weighted by Crippen LogP contribution is 2.16. The molecule has 1 N–H and O–H groups in total. The Kier molecular flexibility index (Phi) is 3.36. The van der Waals surface area contributed by atoms with Gasteiger partial charge in [0.2, 0.25) is 0 Å². The van der Waals surface area contributed by atoms with E-state index in [9.17, 15) is 9.18 Å². The summed E-state index contributed by atoms with van der Waals surface area (Å²) in [5, 5.41) is 9.99. The van der Waals surface area contributed by atoms with Gasteiger partial charge in [0.15, 0.2) is 0 Å². The summed E-state index contributed by atoms with van der Waals surface area (Å²) in [6.07, 6.45) is 0.392. The molecule has 0 atom stereocenters. The first-order valence-corrected chi connectivity index (χ1v) is 6.49. The first kappa shape index (κ1) is 13.2. The van der Waals surface area contributed by atoms with Crippen molar-refractivity contribution in [3.05, 3.63) is 77.2 Å². The fraction of sp³-hybridized carbons (Fsp3) is 0.0588. The van der Waals surface area contributed by atoms with Gasteiger partial charge in [0.1, 0.15) is 5.82 Å². The molecule has 3 nitrogen and oxygen atoms in total. The van der Waals surface area contributed by atoms with Gasteiger partial charge in [0.05, 0.1) is 11.1 Å². The average molecular weight is 281 g/mol. The van der Waals surface area contributed by atoms with Gasteiger partial charge in [0, 0.05) is 17.5 Å². The number of aromatic nitrogens is 1. The van der Waals surface area contributed by atoms with Crippen LogP contribution in [0.5, 0.6) is 0 Å². The number of benzene rings is 2. The number of rotatable bonds is 3. The molecule has 0 radical (unpaired) electrons.